The maximum Gasteiger partial charge on any atom is 0.420 e. The van der Waals surface area contributed by atoms with Crippen LogP contribution in [0, 0.1) is 0 Å². The van der Waals surface area contributed by atoms with E-state index in [2.05, 4.69) is 9.92 Å². The van der Waals surface area contributed by atoms with Crippen LogP contribution in [0.5, 0.6) is 0 Å². The lowest BCUT2D eigenvalue weighted by Gasteiger charge is -2.02. The van der Waals surface area contributed by atoms with E-state index in [4.69, 9.17) is 5.73 Å². The highest BCUT2D eigenvalue weighted by atomic mass is 32.2. The van der Waals surface area contributed by atoms with Gasteiger partial charge in [0.05, 0.1) is 0 Å². The second kappa shape index (κ2) is 3.54. The monoisotopic (exact) mass is 216 g/mol. The number of hydrogen-bond donors (Lipinski definition) is 2. The van der Waals surface area contributed by atoms with Crippen LogP contribution in [0.15, 0.2) is 29.2 Å². The van der Waals surface area contributed by atoms with Crippen molar-refractivity contribution >= 4 is 21.9 Å². The number of primary amides is 1. The summed E-state index contributed by atoms with van der Waals surface area (Å²) in [4.78, 5) is 10.1. The van der Waals surface area contributed by atoms with Gasteiger partial charge in [-0.1, -0.05) is 0 Å². The van der Waals surface area contributed by atoms with Crippen molar-refractivity contribution in [2.24, 2.45) is 5.73 Å². The van der Waals surface area contributed by atoms with Crippen LogP contribution in [-0.2, 0) is 14.3 Å². The number of nitrogen functional groups attached to an aromatic ring is 1. The molecule has 76 valence electrons. The minimum absolute atomic E-state index is 0.175. The number of amides is 1. The highest BCUT2D eigenvalue weighted by Crippen LogP contribution is 2.13. The Morgan fingerprint density at radius 3 is 2.14 bits per heavy atom. The molecule has 0 spiro atoms. The molecular formula is C7H8N2O4S. The molecule has 0 fully saturated rings. The summed E-state index contributed by atoms with van der Waals surface area (Å²) in [6, 6.07) is 5.18. The third-order valence-corrected chi connectivity index (χ3v) is 2.59. The molecule has 14 heavy (non-hydrogen) atoms. The highest BCUT2D eigenvalue weighted by Gasteiger charge is 2.17. The SMILES string of the molecule is NC(=O)OS(=O)(=O)c1ccc(N)cc1. The molecule has 0 radical (unpaired) electrons. The smallest absolute Gasteiger partial charge is 0.399 e. The summed E-state index contributed by atoms with van der Waals surface area (Å²) in [6.07, 6.45) is -1.37. The maximum absolute atomic E-state index is 11.2. The number of anilines is 1. The number of hydrogen-bond acceptors (Lipinski definition) is 5. The molecule has 6 nitrogen and oxygen atoms in total. The first kappa shape index (κ1) is 10.3. The van der Waals surface area contributed by atoms with Gasteiger partial charge < -0.3 is 15.7 Å². The zero-order valence-corrected chi connectivity index (χ0v) is 7.82. The van der Waals surface area contributed by atoms with Crippen molar-refractivity contribution in [3.05, 3.63) is 24.3 Å². The predicted molar refractivity (Wildman–Crippen MR) is 48.7 cm³/mol. The normalized spacial score (nSPS) is 10.9. The second-order valence-electron chi connectivity index (χ2n) is 2.43. The summed E-state index contributed by atoms with van der Waals surface area (Å²) in [5.41, 5.74) is 10.3. The van der Waals surface area contributed by atoms with E-state index < -0.39 is 16.2 Å². The van der Waals surface area contributed by atoms with Gasteiger partial charge in [-0.25, -0.2) is 4.79 Å². The van der Waals surface area contributed by atoms with Gasteiger partial charge >= 0.3 is 16.2 Å². The minimum atomic E-state index is -4.11. The number of rotatable bonds is 2. The Kier molecular flexibility index (Phi) is 2.61. The molecule has 4 N–H and O–H groups in total. The molecule has 7 heteroatoms. The fourth-order valence-corrected chi connectivity index (χ4v) is 1.57. The molecule has 0 saturated heterocycles. The molecule has 0 aromatic heterocycles. The molecule has 1 aromatic rings. The highest BCUT2D eigenvalue weighted by molar-refractivity contribution is 7.87. The Morgan fingerprint density at radius 2 is 1.71 bits per heavy atom. The Morgan fingerprint density at radius 1 is 1.21 bits per heavy atom. The van der Waals surface area contributed by atoms with Crippen LogP contribution in [0.4, 0.5) is 10.5 Å². The molecule has 0 aliphatic rings. The van der Waals surface area contributed by atoms with Crippen molar-refractivity contribution in [2.45, 2.75) is 4.90 Å². The number of carbonyl (C=O) groups excluding carboxylic acids is 1. The fraction of sp³-hybridized carbons (Fsp3) is 0. The zero-order valence-electron chi connectivity index (χ0n) is 7.01. The summed E-state index contributed by atoms with van der Waals surface area (Å²) in [7, 11) is -4.11. The van der Waals surface area contributed by atoms with Gasteiger partial charge in [-0.05, 0) is 24.3 Å². The van der Waals surface area contributed by atoms with Crippen molar-refractivity contribution in [1.82, 2.24) is 0 Å². The summed E-state index contributed by atoms with van der Waals surface area (Å²) < 4.78 is 26.3. The topological polar surface area (TPSA) is 112 Å². The van der Waals surface area contributed by atoms with Gasteiger partial charge in [0.2, 0.25) is 0 Å². The number of nitrogens with two attached hydrogens (primary N) is 2. The Balaban J connectivity index is 3.05. The summed E-state index contributed by atoms with van der Waals surface area (Å²) in [5, 5.41) is 0. The van der Waals surface area contributed by atoms with Crippen LogP contribution in [0.25, 0.3) is 0 Å². The van der Waals surface area contributed by atoms with E-state index >= 15 is 0 Å². The Bertz CT molecular complexity index is 437. The lowest BCUT2D eigenvalue weighted by molar-refractivity contribution is 0.212. The molecule has 0 heterocycles. The van der Waals surface area contributed by atoms with E-state index in [1.165, 1.54) is 24.3 Å². The minimum Gasteiger partial charge on any atom is -0.399 e. The lowest BCUT2D eigenvalue weighted by Crippen LogP contribution is -2.18. The van der Waals surface area contributed by atoms with Gasteiger partial charge in [-0.3, -0.25) is 0 Å². The fourth-order valence-electron chi connectivity index (χ4n) is 0.791. The third-order valence-electron chi connectivity index (χ3n) is 1.36. The quantitative estimate of drug-likeness (QED) is 0.535. The molecule has 0 saturated carbocycles. The largest absolute Gasteiger partial charge is 0.420 e. The maximum atomic E-state index is 11.2. The van der Waals surface area contributed by atoms with Gasteiger partial charge in [0.25, 0.3) is 0 Å². The molecular weight excluding hydrogens is 208 g/mol. The van der Waals surface area contributed by atoms with Gasteiger partial charge in [0, 0.05) is 5.69 Å². The molecule has 0 unspecified atom stereocenters. The third kappa shape index (κ3) is 2.36. The van der Waals surface area contributed by atoms with Crippen molar-refractivity contribution in [3.63, 3.8) is 0 Å². The van der Waals surface area contributed by atoms with Crippen LogP contribution < -0.4 is 11.5 Å². The van der Waals surface area contributed by atoms with Crippen molar-refractivity contribution < 1.29 is 17.4 Å². The number of benzene rings is 1. The van der Waals surface area contributed by atoms with Crippen molar-refractivity contribution in [1.29, 1.82) is 0 Å². The van der Waals surface area contributed by atoms with E-state index in [1.54, 1.807) is 0 Å². The molecule has 0 bridgehead atoms. The van der Waals surface area contributed by atoms with E-state index in [-0.39, 0.29) is 4.90 Å². The molecule has 1 aromatic carbocycles. The zero-order chi connectivity index (χ0) is 10.8. The first-order valence-corrected chi connectivity index (χ1v) is 4.92. The Hall–Kier alpha value is -1.76. The first-order valence-electron chi connectivity index (χ1n) is 3.51. The van der Waals surface area contributed by atoms with Gasteiger partial charge in [-0.2, -0.15) is 8.42 Å². The molecule has 0 aliphatic carbocycles. The molecule has 0 aliphatic heterocycles. The van der Waals surface area contributed by atoms with E-state index in [0.717, 1.165) is 0 Å². The first-order chi connectivity index (χ1) is 6.42. The van der Waals surface area contributed by atoms with E-state index in [9.17, 15) is 13.2 Å². The molecule has 0 atom stereocenters. The average Bonchev–Trinajstić information content (AvgIpc) is 2.02. The molecule has 1 amide bonds. The summed E-state index contributed by atoms with van der Waals surface area (Å²) in [6.45, 7) is 0. The summed E-state index contributed by atoms with van der Waals surface area (Å²) in [5.74, 6) is 0. The van der Waals surface area contributed by atoms with E-state index in [1.807, 2.05) is 0 Å². The Labute approximate surface area is 80.6 Å². The standard InChI is InChI=1S/C7H8N2O4S/c8-5-1-3-6(4-2-5)14(11,12)13-7(9)10/h1-4H,8H2,(H2,9,10). The molecule has 1 rings (SSSR count). The average molecular weight is 216 g/mol. The van der Waals surface area contributed by atoms with Gasteiger partial charge in [0.1, 0.15) is 4.90 Å². The van der Waals surface area contributed by atoms with Crippen molar-refractivity contribution in [2.75, 3.05) is 5.73 Å². The predicted octanol–water partition coefficient (Wildman–Crippen LogP) is 0.0528. The lowest BCUT2D eigenvalue weighted by atomic mass is 10.3. The van der Waals surface area contributed by atoms with Crippen LogP contribution in [0.3, 0.4) is 0 Å². The van der Waals surface area contributed by atoms with Crippen LogP contribution in [0.1, 0.15) is 0 Å². The second-order valence-corrected chi connectivity index (χ2v) is 3.97. The van der Waals surface area contributed by atoms with Gasteiger partial charge in [-0.15, -0.1) is 0 Å². The van der Waals surface area contributed by atoms with Crippen molar-refractivity contribution in [3.8, 4) is 0 Å². The summed E-state index contributed by atoms with van der Waals surface area (Å²) >= 11 is 0. The van der Waals surface area contributed by atoms with E-state index in [0.29, 0.717) is 5.69 Å². The van der Waals surface area contributed by atoms with Crippen LogP contribution in [-0.4, -0.2) is 14.5 Å². The number of carbonyl (C=O) groups is 1. The van der Waals surface area contributed by atoms with Gasteiger partial charge in [0.15, 0.2) is 0 Å². The van der Waals surface area contributed by atoms with Crippen LogP contribution in [0.2, 0.25) is 0 Å². The van der Waals surface area contributed by atoms with Crippen LogP contribution >= 0.6 is 0 Å².